The molecule has 1 aromatic carbocycles. The number of hydrogen-bond donors (Lipinski definition) is 2. The Morgan fingerprint density at radius 1 is 1.00 bits per heavy atom. The summed E-state index contributed by atoms with van der Waals surface area (Å²) in [7, 11) is -2.83. The molecule has 0 heterocycles. The van der Waals surface area contributed by atoms with Crippen molar-refractivity contribution in [2.24, 2.45) is 11.8 Å². The molecule has 3 atom stereocenters. The van der Waals surface area contributed by atoms with Crippen molar-refractivity contribution >= 4 is 26.2 Å². The van der Waals surface area contributed by atoms with Gasteiger partial charge in [0.1, 0.15) is 26.9 Å². The van der Waals surface area contributed by atoms with Gasteiger partial charge in [-0.15, -0.1) is 0 Å². The molecule has 35 heavy (non-hydrogen) atoms. The molecule has 0 saturated carbocycles. The number of rotatable bonds is 13. The molecule has 0 fully saturated rings. The molecule has 1 unspecified atom stereocenters. The third-order valence-corrected chi connectivity index (χ3v) is 10.4. The molecule has 4 nitrogen and oxygen atoms in total. The van der Waals surface area contributed by atoms with Crippen LogP contribution in [0.25, 0.3) is 0 Å². The predicted molar refractivity (Wildman–Crippen MR) is 155 cm³/mol. The highest BCUT2D eigenvalue weighted by Crippen LogP contribution is 2.47. The Labute approximate surface area is 219 Å². The molecule has 1 aliphatic rings. The van der Waals surface area contributed by atoms with E-state index in [0.29, 0.717) is 26.9 Å². The summed E-state index contributed by atoms with van der Waals surface area (Å²) in [4.78, 5) is 0. The van der Waals surface area contributed by atoms with Gasteiger partial charge >= 0.3 is 0 Å². The zero-order valence-electron chi connectivity index (χ0n) is 23.7. The number of allylic oxidation sites excluding steroid dienone is 2. The van der Waals surface area contributed by atoms with Crippen molar-refractivity contribution < 1.29 is 19.1 Å². The van der Waals surface area contributed by atoms with Crippen molar-refractivity contribution in [1.82, 2.24) is 0 Å². The van der Waals surface area contributed by atoms with Crippen LogP contribution in [0.2, 0.25) is 45.3 Å². The number of phenolic OH excluding ortho intramolecular Hbond substituents is 2. The highest BCUT2D eigenvalue weighted by atomic mass is 28.4. The summed E-state index contributed by atoms with van der Waals surface area (Å²) in [5, 5.41) is 22.0. The van der Waals surface area contributed by atoms with Crippen LogP contribution in [0.15, 0.2) is 23.8 Å². The van der Waals surface area contributed by atoms with Gasteiger partial charge in [-0.25, -0.2) is 0 Å². The molecule has 1 aliphatic carbocycles. The summed E-state index contributed by atoms with van der Waals surface area (Å²) < 4.78 is 12.9. The minimum absolute atomic E-state index is 0.0301. The number of aromatic hydroxyl groups is 2. The van der Waals surface area contributed by atoms with Crippen molar-refractivity contribution in [3.8, 4) is 11.5 Å². The largest absolute Gasteiger partial charge is 0.507 e. The monoisotopic (exact) mass is 534 g/mol. The SMILES string of the molecule is CCCCCc1cc(O)c([C@H]2C=C(C)CC[C@H]2C(C)C[Si]C(O[Si](C)(C)C)O[Si](C)(C)C)c(O)c1. The second-order valence-electron chi connectivity index (χ2n) is 12.4. The minimum atomic E-state index is -1.71. The lowest BCUT2D eigenvalue weighted by Crippen LogP contribution is -2.43. The third-order valence-electron chi connectivity index (χ3n) is 6.65. The fraction of sp³-hybridized carbons (Fsp3) is 0.714. The van der Waals surface area contributed by atoms with Crippen molar-refractivity contribution in [2.45, 2.75) is 116 Å². The lowest BCUT2D eigenvalue weighted by molar-refractivity contribution is 0.0597. The first-order chi connectivity index (χ1) is 16.2. The molecule has 0 aliphatic heterocycles. The van der Waals surface area contributed by atoms with Gasteiger partial charge in [0.25, 0.3) is 0 Å². The number of hydrogen-bond acceptors (Lipinski definition) is 4. The zero-order chi connectivity index (χ0) is 26.4. The van der Waals surface area contributed by atoms with Gasteiger partial charge in [0, 0.05) is 11.5 Å². The Kier molecular flexibility index (Phi) is 11.3. The molecule has 0 aromatic heterocycles. The lowest BCUT2D eigenvalue weighted by atomic mass is 9.71. The molecule has 2 N–H and O–H groups in total. The minimum Gasteiger partial charge on any atom is -0.507 e. The Balaban J connectivity index is 2.21. The second kappa shape index (κ2) is 13.1. The maximum atomic E-state index is 11.0. The normalized spacial score (nSPS) is 20.2. The van der Waals surface area contributed by atoms with E-state index in [0.717, 1.165) is 50.1 Å². The maximum Gasteiger partial charge on any atom is 0.186 e. The predicted octanol–water partition coefficient (Wildman–Crippen LogP) is 8.02. The molecule has 198 valence electrons. The average molecular weight is 535 g/mol. The van der Waals surface area contributed by atoms with Gasteiger partial charge in [-0.3, -0.25) is 0 Å². The summed E-state index contributed by atoms with van der Waals surface area (Å²) in [6, 6.07) is 4.79. The molecule has 2 rings (SSSR count). The van der Waals surface area contributed by atoms with E-state index < -0.39 is 16.6 Å². The number of benzene rings is 1. The van der Waals surface area contributed by atoms with Crippen molar-refractivity contribution in [3.63, 3.8) is 0 Å². The van der Waals surface area contributed by atoms with Gasteiger partial charge in [0.2, 0.25) is 0 Å². The highest BCUT2D eigenvalue weighted by molar-refractivity contribution is 6.71. The van der Waals surface area contributed by atoms with Gasteiger partial charge in [-0.05, 0) is 101 Å². The molecule has 7 heteroatoms. The number of phenols is 2. The van der Waals surface area contributed by atoms with E-state index in [4.69, 9.17) is 8.85 Å². The number of unbranched alkanes of at least 4 members (excludes halogenated alkanes) is 2. The van der Waals surface area contributed by atoms with Crippen LogP contribution in [-0.4, -0.2) is 42.3 Å². The van der Waals surface area contributed by atoms with Crippen molar-refractivity contribution in [1.29, 1.82) is 0 Å². The van der Waals surface area contributed by atoms with E-state index in [1.807, 2.05) is 12.1 Å². The molecular formula is C28H50O4Si3. The van der Waals surface area contributed by atoms with E-state index in [2.05, 4.69) is 66.1 Å². The molecular weight excluding hydrogens is 485 g/mol. The van der Waals surface area contributed by atoms with E-state index in [1.54, 1.807) is 0 Å². The first-order valence-corrected chi connectivity index (χ1v) is 21.6. The quantitative estimate of drug-likeness (QED) is 0.116. The molecule has 0 saturated heterocycles. The van der Waals surface area contributed by atoms with E-state index in [1.165, 1.54) is 5.57 Å². The zero-order valence-corrected chi connectivity index (χ0v) is 26.7. The Hall–Kier alpha value is -0.869. The summed E-state index contributed by atoms with van der Waals surface area (Å²) in [5.41, 5.74) is 3.07. The van der Waals surface area contributed by atoms with Crippen LogP contribution in [-0.2, 0) is 15.3 Å². The van der Waals surface area contributed by atoms with Crippen LogP contribution in [0.5, 0.6) is 11.5 Å². The Morgan fingerprint density at radius 2 is 1.57 bits per heavy atom. The Morgan fingerprint density at radius 3 is 2.09 bits per heavy atom. The van der Waals surface area contributed by atoms with Crippen molar-refractivity contribution in [3.05, 3.63) is 34.9 Å². The van der Waals surface area contributed by atoms with Crippen LogP contribution in [0.4, 0.5) is 0 Å². The van der Waals surface area contributed by atoms with Crippen LogP contribution in [0, 0.1) is 11.8 Å². The second-order valence-corrected chi connectivity index (χ2v) is 22.6. The van der Waals surface area contributed by atoms with E-state index in [9.17, 15) is 10.2 Å². The molecule has 0 bridgehead atoms. The smallest absolute Gasteiger partial charge is 0.186 e. The first kappa shape index (κ1) is 30.4. The van der Waals surface area contributed by atoms with Gasteiger partial charge in [0.15, 0.2) is 16.6 Å². The maximum absolute atomic E-state index is 11.0. The topological polar surface area (TPSA) is 58.9 Å². The summed E-state index contributed by atoms with van der Waals surface area (Å²) in [5.74, 6) is 1.21. The van der Waals surface area contributed by atoms with Gasteiger partial charge in [0.05, 0.1) is 0 Å². The summed E-state index contributed by atoms with van der Waals surface area (Å²) in [6.45, 7) is 20.0. The van der Waals surface area contributed by atoms with Crippen LogP contribution < -0.4 is 0 Å². The van der Waals surface area contributed by atoms with Crippen molar-refractivity contribution in [2.75, 3.05) is 0 Å². The molecule has 1 aromatic rings. The van der Waals surface area contributed by atoms with Gasteiger partial charge in [-0.2, -0.15) is 0 Å². The molecule has 0 spiro atoms. The summed E-state index contributed by atoms with van der Waals surface area (Å²) in [6.07, 6.45) is 8.74. The average Bonchev–Trinajstić information content (AvgIpc) is 2.69. The number of aryl methyl sites for hydroxylation is 1. The highest BCUT2D eigenvalue weighted by Gasteiger charge is 2.34. The van der Waals surface area contributed by atoms with Crippen LogP contribution in [0.3, 0.4) is 0 Å². The van der Waals surface area contributed by atoms with Crippen LogP contribution >= 0.6 is 0 Å². The van der Waals surface area contributed by atoms with Crippen LogP contribution in [0.1, 0.15) is 69.9 Å². The Bertz CT molecular complexity index is 803. The fourth-order valence-corrected chi connectivity index (χ4v) is 10.1. The standard InChI is InChI=1S/C28H50O4Si3/c1-10-11-12-13-22-17-25(29)27(26(30)18-22)24-16-20(2)14-15-23(24)21(3)19-33-28(31-34(4,5)6)32-35(7,8)9/h16-18,21,23-24,28-30H,10-15,19H2,1-9H3/t21?,23-,24-/m0/s1. The van der Waals surface area contributed by atoms with Gasteiger partial charge in [-0.1, -0.05) is 44.4 Å². The summed E-state index contributed by atoms with van der Waals surface area (Å²) >= 11 is 0. The fourth-order valence-electron chi connectivity index (χ4n) is 4.95. The molecule has 0 amide bonds. The van der Waals surface area contributed by atoms with E-state index in [-0.39, 0.29) is 23.3 Å². The van der Waals surface area contributed by atoms with Gasteiger partial charge < -0.3 is 19.1 Å². The first-order valence-electron chi connectivity index (χ1n) is 13.5. The third kappa shape index (κ3) is 10.2. The molecule has 2 radical (unpaired) electrons. The van der Waals surface area contributed by atoms with E-state index >= 15 is 0 Å². The lowest BCUT2D eigenvalue weighted by Gasteiger charge is -2.36.